The summed E-state index contributed by atoms with van der Waals surface area (Å²) in [6, 6.07) is 0.313. The highest BCUT2D eigenvalue weighted by Crippen LogP contribution is 2.19. The lowest BCUT2D eigenvalue weighted by Crippen LogP contribution is -2.42. The van der Waals surface area contributed by atoms with Crippen LogP contribution in [0.3, 0.4) is 0 Å². The largest absolute Gasteiger partial charge is 0.395 e. The maximum absolute atomic E-state index is 11.3. The number of ether oxygens (including phenoxy) is 1. The van der Waals surface area contributed by atoms with Crippen LogP contribution in [0.25, 0.3) is 0 Å². The molecule has 0 amide bonds. The van der Waals surface area contributed by atoms with Crippen molar-refractivity contribution in [1.29, 1.82) is 0 Å². The number of rotatable bonds is 6. The molecule has 0 saturated heterocycles. The first-order valence-electron chi connectivity index (χ1n) is 5.63. The van der Waals surface area contributed by atoms with Crippen molar-refractivity contribution in [3.05, 3.63) is 0 Å². The molecule has 4 heteroatoms. The van der Waals surface area contributed by atoms with Crippen LogP contribution in [0.1, 0.15) is 25.7 Å². The number of hydrogen-bond acceptors (Lipinski definition) is 4. The molecule has 1 aliphatic rings. The second-order valence-electron chi connectivity index (χ2n) is 4.04. The van der Waals surface area contributed by atoms with Gasteiger partial charge in [0.2, 0.25) is 0 Å². The molecule has 1 atom stereocenters. The van der Waals surface area contributed by atoms with E-state index in [0.717, 1.165) is 25.8 Å². The molecule has 0 aromatic heterocycles. The molecule has 0 radical (unpaired) electrons. The number of aliphatic hydroxyl groups excluding tert-OH is 1. The summed E-state index contributed by atoms with van der Waals surface area (Å²) in [5, 5.41) is 8.97. The lowest BCUT2D eigenvalue weighted by molar-refractivity contribution is -0.122. The normalized spacial score (nSPS) is 22.3. The van der Waals surface area contributed by atoms with Crippen LogP contribution in [0, 0.1) is 0 Å². The highest BCUT2D eigenvalue weighted by Gasteiger charge is 2.24. The summed E-state index contributed by atoms with van der Waals surface area (Å²) in [4.78, 5) is 13.5. The zero-order chi connectivity index (χ0) is 11.1. The molecule has 1 N–H and O–H groups in total. The fraction of sp³-hybridized carbons (Fsp3) is 0.909. The van der Waals surface area contributed by atoms with Gasteiger partial charge < -0.3 is 9.84 Å². The molecule has 0 aromatic rings. The van der Waals surface area contributed by atoms with Crippen LogP contribution >= 0.6 is 0 Å². The van der Waals surface area contributed by atoms with Crippen LogP contribution in [0.5, 0.6) is 0 Å². The van der Waals surface area contributed by atoms with E-state index in [1.165, 1.54) is 0 Å². The summed E-state index contributed by atoms with van der Waals surface area (Å²) in [7, 11) is 1.67. The summed E-state index contributed by atoms with van der Waals surface area (Å²) < 4.78 is 5.03. The maximum Gasteiger partial charge on any atom is 0.134 e. The molecule has 1 rings (SSSR count). The zero-order valence-electron chi connectivity index (χ0n) is 9.45. The third-order valence-electron chi connectivity index (χ3n) is 2.94. The van der Waals surface area contributed by atoms with Crippen LogP contribution in [0.2, 0.25) is 0 Å². The number of ketones is 1. The van der Waals surface area contributed by atoms with E-state index in [2.05, 4.69) is 4.90 Å². The number of methoxy groups -OCH3 is 1. The predicted octanol–water partition coefficient (Wildman–Crippen LogP) is 0.439. The van der Waals surface area contributed by atoms with Gasteiger partial charge in [0, 0.05) is 39.1 Å². The van der Waals surface area contributed by atoms with Crippen molar-refractivity contribution in [2.45, 2.75) is 31.7 Å². The Morgan fingerprint density at radius 1 is 1.53 bits per heavy atom. The number of carbonyl (C=O) groups excluding carboxylic acids is 1. The van der Waals surface area contributed by atoms with Crippen molar-refractivity contribution >= 4 is 5.78 Å². The fourth-order valence-electron chi connectivity index (χ4n) is 2.13. The summed E-state index contributed by atoms with van der Waals surface area (Å²) in [5.41, 5.74) is 0. The minimum absolute atomic E-state index is 0.147. The Morgan fingerprint density at radius 3 is 2.93 bits per heavy atom. The lowest BCUT2D eigenvalue weighted by atomic mass is 9.93. The summed E-state index contributed by atoms with van der Waals surface area (Å²) in [5.74, 6) is 0.353. The Balaban J connectivity index is 2.41. The second kappa shape index (κ2) is 6.93. The van der Waals surface area contributed by atoms with Crippen molar-refractivity contribution in [2.24, 2.45) is 0 Å². The van der Waals surface area contributed by atoms with Gasteiger partial charge >= 0.3 is 0 Å². The summed E-state index contributed by atoms with van der Waals surface area (Å²) >= 11 is 0. The monoisotopic (exact) mass is 215 g/mol. The van der Waals surface area contributed by atoms with Crippen LogP contribution in [0.4, 0.5) is 0 Å². The van der Waals surface area contributed by atoms with E-state index >= 15 is 0 Å². The standard InChI is InChI=1S/C11H21NO3/c1-15-8-6-12(5-7-13)10-3-2-4-11(14)9-10/h10,13H,2-9H2,1H3. The van der Waals surface area contributed by atoms with Crippen molar-refractivity contribution in [3.63, 3.8) is 0 Å². The fourth-order valence-corrected chi connectivity index (χ4v) is 2.13. The number of carbonyl (C=O) groups is 1. The quantitative estimate of drug-likeness (QED) is 0.698. The minimum Gasteiger partial charge on any atom is -0.395 e. The van der Waals surface area contributed by atoms with Gasteiger partial charge in [-0.25, -0.2) is 0 Å². The van der Waals surface area contributed by atoms with Gasteiger partial charge in [0.1, 0.15) is 5.78 Å². The highest BCUT2D eigenvalue weighted by molar-refractivity contribution is 5.79. The first kappa shape index (κ1) is 12.6. The number of Topliss-reactive ketones (excluding diaryl/α,β-unsaturated/α-hetero) is 1. The van der Waals surface area contributed by atoms with Crippen molar-refractivity contribution < 1.29 is 14.6 Å². The smallest absolute Gasteiger partial charge is 0.134 e. The third kappa shape index (κ3) is 4.28. The molecule has 1 fully saturated rings. The Bertz CT molecular complexity index is 196. The maximum atomic E-state index is 11.3. The third-order valence-corrected chi connectivity index (χ3v) is 2.94. The molecule has 15 heavy (non-hydrogen) atoms. The molecule has 0 aromatic carbocycles. The Hall–Kier alpha value is -0.450. The second-order valence-corrected chi connectivity index (χ2v) is 4.04. The van der Waals surface area contributed by atoms with Gasteiger partial charge in [-0.3, -0.25) is 9.69 Å². The van der Waals surface area contributed by atoms with E-state index in [-0.39, 0.29) is 6.61 Å². The van der Waals surface area contributed by atoms with Crippen LogP contribution in [-0.4, -0.2) is 55.2 Å². The molecular formula is C11H21NO3. The van der Waals surface area contributed by atoms with Gasteiger partial charge in [0.25, 0.3) is 0 Å². The summed E-state index contributed by atoms with van der Waals surface area (Å²) in [6.07, 6.45) is 3.42. The molecule has 0 spiro atoms. The van der Waals surface area contributed by atoms with E-state index in [0.29, 0.717) is 31.4 Å². The van der Waals surface area contributed by atoms with E-state index in [1.54, 1.807) is 7.11 Å². The predicted molar refractivity (Wildman–Crippen MR) is 57.8 cm³/mol. The number of nitrogens with zero attached hydrogens (tertiary/aromatic N) is 1. The van der Waals surface area contributed by atoms with Gasteiger partial charge in [0.05, 0.1) is 13.2 Å². The average molecular weight is 215 g/mol. The van der Waals surface area contributed by atoms with Crippen molar-refractivity contribution in [2.75, 3.05) is 33.4 Å². The Morgan fingerprint density at radius 2 is 2.33 bits per heavy atom. The molecule has 0 heterocycles. The first-order valence-corrected chi connectivity index (χ1v) is 5.63. The highest BCUT2D eigenvalue weighted by atomic mass is 16.5. The SMILES string of the molecule is COCCN(CCO)C1CCCC(=O)C1. The van der Waals surface area contributed by atoms with Crippen LogP contribution in [-0.2, 0) is 9.53 Å². The molecular weight excluding hydrogens is 194 g/mol. The van der Waals surface area contributed by atoms with Gasteiger partial charge in [-0.15, -0.1) is 0 Å². The topological polar surface area (TPSA) is 49.8 Å². The van der Waals surface area contributed by atoms with Gasteiger partial charge in [-0.05, 0) is 12.8 Å². The number of aliphatic hydroxyl groups is 1. The van der Waals surface area contributed by atoms with E-state index in [9.17, 15) is 4.79 Å². The zero-order valence-corrected chi connectivity index (χ0v) is 9.45. The molecule has 0 bridgehead atoms. The molecule has 4 nitrogen and oxygen atoms in total. The van der Waals surface area contributed by atoms with Crippen molar-refractivity contribution in [1.82, 2.24) is 4.90 Å². The molecule has 0 aliphatic heterocycles. The van der Waals surface area contributed by atoms with E-state index < -0.39 is 0 Å². The van der Waals surface area contributed by atoms with Gasteiger partial charge in [-0.2, -0.15) is 0 Å². The molecule has 88 valence electrons. The lowest BCUT2D eigenvalue weighted by Gasteiger charge is -2.33. The van der Waals surface area contributed by atoms with E-state index in [1.807, 2.05) is 0 Å². The van der Waals surface area contributed by atoms with Gasteiger partial charge in [-0.1, -0.05) is 0 Å². The van der Waals surface area contributed by atoms with E-state index in [4.69, 9.17) is 9.84 Å². The molecule has 1 saturated carbocycles. The molecule has 1 aliphatic carbocycles. The first-order chi connectivity index (χ1) is 7.27. The number of hydrogen-bond donors (Lipinski definition) is 1. The molecule has 1 unspecified atom stereocenters. The Kier molecular flexibility index (Phi) is 5.83. The Labute approximate surface area is 91.2 Å². The van der Waals surface area contributed by atoms with Crippen molar-refractivity contribution in [3.8, 4) is 0 Å². The van der Waals surface area contributed by atoms with Crippen LogP contribution < -0.4 is 0 Å². The minimum atomic E-state index is 0.147. The van der Waals surface area contributed by atoms with Gasteiger partial charge in [0.15, 0.2) is 0 Å². The summed E-state index contributed by atoms with van der Waals surface area (Å²) in [6.45, 7) is 2.25. The van der Waals surface area contributed by atoms with Crippen LogP contribution in [0.15, 0.2) is 0 Å². The average Bonchev–Trinajstić information content (AvgIpc) is 2.24.